The van der Waals surface area contributed by atoms with Gasteiger partial charge in [-0.3, -0.25) is 4.98 Å². The molecule has 0 bridgehead atoms. The summed E-state index contributed by atoms with van der Waals surface area (Å²) >= 11 is 3.47. The summed E-state index contributed by atoms with van der Waals surface area (Å²) in [6.07, 6.45) is 2.21. The largest absolute Gasteiger partial charge is 0.253 e. The molecule has 0 unspecified atom stereocenters. The number of aromatic nitrogens is 1. The smallest absolute Gasteiger partial charge is 0.0711 e. The fraction of sp³-hybridized carbons (Fsp3) is 0.214. The number of fused-ring (bicyclic) bond motifs is 1. The highest BCUT2D eigenvalue weighted by atomic mass is 79.9. The lowest BCUT2D eigenvalue weighted by Gasteiger charge is -2.04. The molecular formula is C14H14BrN. The predicted molar refractivity (Wildman–Crippen MR) is 73.9 cm³/mol. The molecule has 1 aromatic carbocycles. The van der Waals surface area contributed by atoms with Crippen LogP contribution in [0.15, 0.2) is 35.9 Å². The van der Waals surface area contributed by atoms with E-state index >= 15 is 0 Å². The molecule has 0 N–H and O–H groups in total. The number of rotatable bonds is 2. The second kappa shape index (κ2) is 4.79. The molecule has 0 saturated carbocycles. The van der Waals surface area contributed by atoms with E-state index in [1.165, 1.54) is 16.5 Å². The van der Waals surface area contributed by atoms with Crippen molar-refractivity contribution < 1.29 is 0 Å². The first-order valence-electron chi connectivity index (χ1n) is 5.30. The maximum atomic E-state index is 4.53. The highest BCUT2D eigenvalue weighted by Gasteiger charge is 2.01. The molecule has 2 heteroatoms. The zero-order valence-corrected chi connectivity index (χ0v) is 11.1. The first kappa shape index (κ1) is 11.3. The van der Waals surface area contributed by atoms with Gasteiger partial charge in [0.05, 0.1) is 5.52 Å². The first-order chi connectivity index (χ1) is 7.70. The molecule has 16 heavy (non-hydrogen) atoms. The van der Waals surface area contributed by atoms with Gasteiger partial charge in [-0.1, -0.05) is 45.8 Å². The summed E-state index contributed by atoms with van der Waals surface area (Å²) in [6, 6.07) is 10.4. The quantitative estimate of drug-likeness (QED) is 0.743. The van der Waals surface area contributed by atoms with Gasteiger partial charge >= 0.3 is 0 Å². The zero-order chi connectivity index (χ0) is 11.5. The molecule has 1 nitrogen and oxygen atoms in total. The van der Waals surface area contributed by atoms with Gasteiger partial charge in [-0.15, -0.1) is 0 Å². The molecule has 0 aliphatic rings. The molecule has 1 aromatic heterocycles. The Balaban J connectivity index is 2.68. The minimum absolute atomic E-state index is 0.905. The van der Waals surface area contributed by atoms with E-state index in [4.69, 9.17) is 0 Å². The van der Waals surface area contributed by atoms with Gasteiger partial charge in [0.25, 0.3) is 0 Å². The van der Waals surface area contributed by atoms with Crippen molar-refractivity contribution in [2.75, 3.05) is 5.33 Å². The minimum atomic E-state index is 0.905. The Morgan fingerprint density at radius 2 is 2.12 bits per heavy atom. The lowest BCUT2D eigenvalue weighted by atomic mass is 10.1. The zero-order valence-electron chi connectivity index (χ0n) is 9.50. The van der Waals surface area contributed by atoms with Crippen molar-refractivity contribution in [1.29, 1.82) is 0 Å². The number of benzene rings is 1. The average molecular weight is 276 g/mol. The van der Waals surface area contributed by atoms with E-state index in [9.17, 15) is 0 Å². The molecule has 0 fully saturated rings. The van der Waals surface area contributed by atoms with E-state index < -0.39 is 0 Å². The maximum absolute atomic E-state index is 4.53. The highest BCUT2D eigenvalue weighted by molar-refractivity contribution is 9.09. The number of allylic oxidation sites excluding steroid dienone is 1. The Kier molecular flexibility index (Phi) is 3.39. The standard InChI is InChI=1S/C14H14BrN/c1-10(9-15)7-12-8-11(2)16-14-6-4-3-5-13(12)14/h3-8H,9H2,1-2H3. The van der Waals surface area contributed by atoms with Gasteiger partial charge in [0, 0.05) is 16.4 Å². The van der Waals surface area contributed by atoms with Crippen molar-refractivity contribution in [3.05, 3.63) is 47.2 Å². The van der Waals surface area contributed by atoms with E-state index in [0.29, 0.717) is 0 Å². The fourth-order valence-electron chi connectivity index (χ4n) is 1.76. The van der Waals surface area contributed by atoms with Crippen molar-refractivity contribution >= 4 is 32.9 Å². The predicted octanol–water partition coefficient (Wildman–Crippen LogP) is 4.34. The van der Waals surface area contributed by atoms with Gasteiger partial charge in [0.2, 0.25) is 0 Å². The van der Waals surface area contributed by atoms with Crippen LogP contribution in [0.2, 0.25) is 0 Å². The molecule has 0 aliphatic heterocycles. The number of aryl methyl sites for hydroxylation is 1. The summed E-state index contributed by atoms with van der Waals surface area (Å²) in [4.78, 5) is 4.53. The molecular weight excluding hydrogens is 262 g/mol. The van der Waals surface area contributed by atoms with E-state index in [0.717, 1.165) is 16.5 Å². The summed E-state index contributed by atoms with van der Waals surface area (Å²) < 4.78 is 0. The van der Waals surface area contributed by atoms with Crippen LogP contribution in [0.5, 0.6) is 0 Å². The van der Waals surface area contributed by atoms with Crippen LogP contribution in [0.4, 0.5) is 0 Å². The number of hydrogen-bond donors (Lipinski definition) is 0. The van der Waals surface area contributed by atoms with Crippen LogP contribution in [0.25, 0.3) is 17.0 Å². The molecule has 1 heterocycles. The third kappa shape index (κ3) is 2.33. The third-order valence-corrected chi connectivity index (χ3v) is 3.37. The number of alkyl halides is 1. The highest BCUT2D eigenvalue weighted by Crippen LogP contribution is 2.20. The van der Waals surface area contributed by atoms with Gasteiger partial charge in [0.15, 0.2) is 0 Å². The fourth-order valence-corrected chi connectivity index (χ4v) is 1.93. The van der Waals surface area contributed by atoms with Gasteiger partial charge in [-0.2, -0.15) is 0 Å². The summed E-state index contributed by atoms with van der Waals surface area (Å²) in [7, 11) is 0. The average Bonchev–Trinajstić information content (AvgIpc) is 2.28. The van der Waals surface area contributed by atoms with Gasteiger partial charge in [0.1, 0.15) is 0 Å². The minimum Gasteiger partial charge on any atom is -0.253 e. The number of hydrogen-bond acceptors (Lipinski definition) is 1. The normalized spacial score (nSPS) is 12.1. The molecule has 0 amide bonds. The lowest BCUT2D eigenvalue weighted by molar-refractivity contribution is 1.25. The SMILES string of the molecule is CC(=Cc1cc(C)nc2ccccc12)CBr. The lowest BCUT2D eigenvalue weighted by Crippen LogP contribution is -1.88. The summed E-state index contributed by atoms with van der Waals surface area (Å²) in [5.74, 6) is 0. The Hall–Kier alpha value is -1.15. The van der Waals surface area contributed by atoms with Crippen molar-refractivity contribution in [1.82, 2.24) is 4.98 Å². The number of pyridine rings is 1. The molecule has 0 atom stereocenters. The van der Waals surface area contributed by atoms with E-state index in [1.54, 1.807) is 0 Å². The molecule has 0 spiro atoms. The van der Waals surface area contributed by atoms with Crippen LogP contribution in [-0.2, 0) is 0 Å². The summed E-state index contributed by atoms with van der Waals surface area (Å²) in [5.41, 5.74) is 4.69. The second-order valence-corrected chi connectivity index (χ2v) is 4.56. The molecule has 0 aliphatic carbocycles. The van der Waals surface area contributed by atoms with Gasteiger partial charge < -0.3 is 0 Å². The van der Waals surface area contributed by atoms with E-state index in [1.807, 2.05) is 13.0 Å². The second-order valence-electron chi connectivity index (χ2n) is 3.99. The van der Waals surface area contributed by atoms with Gasteiger partial charge in [-0.05, 0) is 31.5 Å². The number of nitrogens with zero attached hydrogens (tertiary/aromatic N) is 1. The molecule has 2 aromatic rings. The van der Waals surface area contributed by atoms with Crippen LogP contribution in [-0.4, -0.2) is 10.3 Å². The number of halogens is 1. The van der Waals surface area contributed by atoms with Crippen molar-refractivity contribution in [2.24, 2.45) is 0 Å². The van der Waals surface area contributed by atoms with E-state index in [-0.39, 0.29) is 0 Å². The third-order valence-electron chi connectivity index (χ3n) is 2.49. The van der Waals surface area contributed by atoms with Crippen molar-refractivity contribution in [3.63, 3.8) is 0 Å². The molecule has 2 rings (SSSR count). The summed E-state index contributed by atoms with van der Waals surface area (Å²) in [6.45, 7) is 4.16. The Morgan fingerprint density at radius 3 is 2.88 bits per heavy atom. The van der Waals surface area contributed by atoms with E-state index in [2.05, 4.69) is 58.2 Å². The van der Waals surface area contributed by atoms with Crippen molar-refractivity contribution in [3.8, 4) is 0 Å². The molecule has 0 saturated heterocycles. The molecule has 0 radical (unpaired) electrons. The monoisotopic (exact) mass is 275 g/mol. The van der Waals surface area contributed by atoms with Crippen LogP contribution < -0.4 is 0 Å². The maximum Gasteiger partial charge on any atom is 0.0711 e. The number of para-hydroxylation sites is 1. The van der Waals surface area contributed by atoms with Crippen LogP contribution in [0, 0.1) is 6.92 Å². The van der Waals surface area contributed by atoms with Gasteiger partial charge in [-0.25, -0.2) is 0 Å². The summed E-state index contributed by atoms with van der Waals surface area (Å²) in [5, 5.41) is 2.12. The Bertz CT molecular complexity index is 543. The Labute approximate surface area is 104 Å². The molecule has 82 valence electrons. The van der Waals surface area contributed by atoms with Crippen LogP contribution >= 0.6 is 15.9 Å². The first-order valence-corrected chi connectivity index (χ1v) is 6.42. The Morgan fingerprint density at radius 1 is 1.38 bits per heavy atom. The topological polar surface area (TPSA) is 12.9 Å². The van der Waals surface area contributed by atoms with Crippen molar-refractivity contribution in [2.45, 2.75) is 13.8 Å². The van der Waals surface area contributed by atoms with Crippen LogP contribution in [0.3, 0.4) is 0 Å². The van der Waals surface area contributed by atoms with Crippen LogP contribution in [0.1, 0.15) is 18.2 Å².